The Morgan fingerprint density at radius 3 is 2.19 bits per heavy atom. The van der Waals surface area contributed by atoms with Crippen LogP contribution in [0.2, 0.25) is 0 Å². The average Bonchev–Trinajstić information content (AvgIpc) is 3.05. The Bertz CT molecular complexity index is 333. The van der Waals surface area contributed by atoms with Crippen LogP contribution in [0.3, 0.4) is 0 Å². The van der Waals surface area contributed by atoms with Crippen LogP contribution in [0.25, 0.3) is 0 Å². The summed E-state index contributed by atoms with van der Waals surface area (Å²) in [6.07, 6.45) is 5.31. The van der Waals surface area contributed by atoms with E-state index >= 15 is 0 Å². The number of hydrogen-bond acceptors (Lipinski definition) is 3. The van der Waals surface area contributed by atoms with Gasteiger partial charge in [0.25, 0.3) is 0 Å². The van der Waals surface area contributed by atoms with Crippen LogP contribution in [0.4, 0.5) is 0 Å². The number of hydrogen-bond donors (Lipinski definition) is 1. The molecule has 0 spiro atoms. The van der Waals surface area contributed by atoms with E-state index in [1.807, 2.05) is 0 Å². The topological polar surface area (TPSA) is 24.5 Å². The Hall–Kier alpha value is -0.120. The maximum absolute atomic E-state index is 6.22. The van der Waals surface area contributed by atoms with Crippen molar-refractivity contribution < 1.29 is 4.74 Å². The lowest BCUT2D eigenvalue weighted by Crippen LogP contribution is -2.59. The van der Waals surface area contributed by atoms with Crippen molar-refractivity contribution in [3.63, 3.8) is 0 Å². The smallest absolute Gasteiger partial charge is 0.0760 e. The Labute approximate surface area is 131 Å². The second kappa shape index (κ2) is 6.17. The van der Waals surface area contributed by atoms with Crippen LogP contribution < -0.4 is 5.32 Å². The number of nitrogens with one attached hydrogen (secondary N) is 1. The van der Waals surface area contributed by atoms with Crippen molar-refractivity contribution >= 4 is 0 Å². The minimum atomic E-state index is -0.0429. The van der Waals surface area contributed by atoms with E-state index in [1.54, 1.807) is 0 Å². The molecule has 1 atom stereocenters. The molecule has 1 saturated heterocycles. The average molecular weight is 296 g/mol. The highest BCUT2D eigenvalue weighted by Gasteiger charge is 2.40. The zero-order valence-corrected chi connectivity index (χ0v) is 15.1. The zero-order valence-electron chi connectivity index (χ0n) is 15.1. The molecule has 0 bridgehead atoms. The Morgan fingerprint density at radius 2 is 1.71 bits per heavy atom. The van der Waals surface area contributed by atoms with Crippen molar-refractivity contribution in [2.24, 2.45) is 5.41 Å². The van der Waals surface area contributed by atoms with Crippen molar-refractivity contribution in [2.75, 3.05) is 26.2 Å². The van der Waals surface area contributed by atoms with Gasteiger partial charge in [0, 0.05) is 32.2 Å². The number of morpholine rings is 1. The maximum atomic E-state index is 6.22. The van der Waals surface area contributed by atoms with E-state index in [-0.39, 0.29) is 11.2 Å². The normalized spacial score (nSPS) is 28.3. The van der Waals surface area contributed by atoms with Gasteiger partial charge in [0.05, 0.1) is 11.2 Å². The van der Waals surface area contributed by atoms with Gasteiger partial charge in [0.2, 0.25) is 0 Å². The molecule has 0 radical (unpaired) electrons. The lowest BCUT2D eigenvalue weighted by Gasteiger charge is -2.49. The molecule has 0 aromatic heterocycles. The summed E-state index contributed by atoms with van der Waals surface area (Å²) in [5.41, 5.74) is 0.290. The standard InChI is InChI=1S/C18H36N2O/c1-7-10-18(6,11-19-15-8-9-15)14-20-12-16(2,3)21-17(4,5)13-20/h15,19H,7-14H2,1-6H3. The lowest BCUT2D eigenvalue weighted by molar-refractivity contribution is -0.184. The van der Waals surface area contributed by atoms with Crippen molar-refractivity contribution in [2.45, 2.75) is 84.5 Å². The Morgan fingerprint density at radius 1 is 1.14 bits per heavy atom. The molecule has 2 aliphatic rings. The number of rotatable bonds is 7. The molecule has 1 aliphatic carbocycles. The highest BCUT2D eigenvalue weighted by atomic mass is 16.5. The summed E-state index contributed by atoms with van der Waals surface area (Å²) in [7, 11) is 0. The molecule has 0 amide bonds. The van der Waals surface area contributed by atoms with Gasteiger partial charge in [-0.25, -0.2) is 0 Å². The summed E-state index contributed by atoms with van der Waals surface area (Å²) in [6.45, 7) is 18.1. The predicted molar refractivity (Wildman–Crippen MR) is 89.7 cm³/mol. The molecular formula is C18H36N2O. The molecule has 1 N–H and O–H groups in total. The van der Waals surface area contributed by atoms with Crippen LogP contribution in [0, 0.1) is 5.41 Å². The number of nitrogens with zero attached hydrogens (tertiary/aromatic N) is 1. The Kier molecular flexibility index (Phi) is 5.07. The van der Waals surface area contributed by atoms with E-state index in [4.69, 9.17) is 4.74 Å². The van der Waals surface area contributed by atoms with E-state index in [9.17, 15) is 0 Å². The molecule has 124 valence electrons. The van der Waals surface area contributed by atoms with E-state index in [1.165, 1.54) is 32.2 Å². The summed E-state index contributed by atoms with van der Waals surface area (Å²) in [5.74, 6) is 0. The predicted octanol–water partition coefficient (Wildman–Crippen LogP) is 3.43. The fourth-order valence-electron chi connectivity index (χ4n) is 4.10. The fourth-order valence-corrected chi connectivity index (χ4v) is 4.10. The van der Waals surface area contributed by atoms with Gasteiger partial charge in [-0.1, -0.05) is 20.3 Å². The summed E-state index contributed by atoms with van der Waals surface area (Å²) in [5, 5.41) is 3.76. The Balaban J connectivity index is 1.97. The number of ether oxygens (including phenoxy) is 1. The van der Waals surface area contributed by atoms with Gasteiger partial charge in [-0.3, -0.25) is 4.90 Å². The minimum absolute atomic E-state index is 0.0429. The monoisotopic (exact) mass is 296 g/mol. The lowest BCUT2D eigenvalue weighted by atomic mass is 9.83. The van der Waals surface area contributed by atoms with Gasteiger partial charge in [0.1, 0.15) is 0 Å². The van der Waals surface area contributed by atoms with Crippen molar-refractivity contribution in [1.29, 1.82) is 0 Å². The molecule has 1 heterocycles. The molecule has 1 saturated carbocycles. The second-order valence-electron chi connectivity index (χ2n) is 8.98. The maximum Gasteiger partial charge on any atom is 0.0760 e. The first-order valence-electron chi connectivity index (χ1n) is 8.79. The molecule has 1 unspecified atom stereocenters. The van der Waals surface area contributed by atoms with Crippen LogP contribution in [0.1, 0.15) is 67.2 Å². The van der Waals surface area contributed by atoms with Crippen molar-refractivity contribution in [3.05, 3.63) is 0 Å². The zero-order chi connectivity index (χ0) is 15.7. The van der Waals surface area contributed by atoms with Crippen molar-refractivity contribution in [3.8, 4) is 0 Å². The molecule has 3 heteroatoms. The highest BCUT2D eigenvalue weighted by molar-refractivity contribution is 4.93. The summed E-state index contributed by atoms with van der Waals surface area (Å²) in [6, 6.07) is 0.804. The molecule has 1 aliphatic heterocycles. The van der Waals surface area contributed by atoms with Gasteiger partial charge in [-0.05, 0) is 52.4 Å². The molecule has 3 nitrogen and oxygen atoms in total. The first kappa shape index (κ1) is 17.2. The minimum Gasteiger partial charge on any atom is -0.367 e. The van der Waals surface area contributed by atoms with Crippen LogP contribution in [-0.4, -0.2) is 48.3 Å². The quantitative estimate of drug-likeness (QED) is 0.779. The fraction of sp³-hybridized carbons (Fsp3) is 1.00. The summed E-state index contributed by atoms with van der Waals surface area (Å²) in [4.78, 5) is 2.63. The third-order valence-electron chi connectivity index (χ3n) is 4.62. The second-order valence-corrected chi connectivity index (χ2v) is 8.98. The summed E-state index contributed by atoms with van der Waals surface area (Å²) < 4.78 is 6.22. The van der Waals surface area contributed by atoms with Crippen LogP contribution in [0.15, 0.2) is 0 Å². The first-order valence-corrected chi connectivity index (χ1v) is 8.79. The van der Waals surface area contributed by atoms with Gasteiger partial charge >= 0.3 is 0 Å². The van der Waals surface area contributed by atoms with Crippen molar-refractivity contribution in [1.82, 2.24) is 10.2 Å². The molecular weight excluding hydrogens is 260 g/mol. The molecule has 0 aromatic rings. The van der Waals surface area contributed by atoms with Gasteiger partial charge in [-0.15, -0.1) is 0 Å². The molecule has 2 rings (SSSR count). The van der Waals surface area contributed by atoms with Gasteiger partial charge in [0.15, 0.2) is 0 Å². The van der Waals surface area contributed by atoms with E-state index in [0.29, 0.717) is 5.41 Å². The third kappa shape index (κ3) is 5.54. The molecule has 0 aromatic carbocycles. The van der Waals surface area contributed by atoms with Crippen LogP contribution in [-0.2, 0) is 4.74 Å². The SMILES string of the molecule is CCCC(C)(CNC1CC1)CN1CC(C)(C)OC(C)(C)C1. The molecule has 2 fully saturated rings. The summed E-state index contributed by atoms with van der Waals surface area (Å²) >= 11 is 0. The highest BCUT2D eigenvalue weighted by Crippen LogP contribution is 2.32. The third-order valence-corrected chi connectivity index (χ3v) is 4.62. The van der Waals surface area contributed by atoms with Crippen LogP contribution >= 0.6 is 0 Å². The van der Waals surface area contributed by atoms with Gasteiger partial charge < -0.3 is 10.1 Å². The molecule has 21 heavy (non-hydrogen) atoms. The van der Waals surface area contributed by atoms with E-state index in [2.05, 4.69) is 51.8 Å². The first-order chi connectivity index (χ1) is 9.63. The van der Waals surface area contributed by atoms with E-state index in [0.717, 1.165) is 25.7 Å². The van der Waals surface area contributed by atoms with E-state index < -0.39 is 0 Å². The van der Waals surface area contributed by atoms with Crippen LogP contribution in [0.5, 0.6) is 0 Å². The largest absolute Gasteiger partial charge is 0.367 e. The van der Waals surface area contributed by atoms with Gasteiger partial charge in [-0.2, -0.15) is 0 Å².